The lowest BCUT2D eigenvalue weighted by atomic mass is 9.51. The van der Waals surface area contributed by atoms with E-state index in [-0.39, 0.29) is 11.5 Å². The Balaban J connectivity index is 1.25. The summed E-state index contributed by atoms with van der Waals surface area (Å²) in [6.07, 6.45) is 20.5. The van der Waals surface area contributed by atoms with Crippen LogP contribution in [0.15, 0.2) is 18.2 Å². The van der Waals surface area contributed by atoms with Crippen LogP contribution in [0.25, 0.3) is 0 Å². The largest absolute Gasteiger partial charge is 0.508 e. The first kappa shape index (κ1) is 28.0. The van der Waals surface area contributed by atoms with Gasteiger partial charge in [0.15, 0.2) is 0 Å². The zero-order valence-corrected chi connectivity index (χ0v) is 23.7. The number of nitrogens with zero attached hydrogens (tertiary/aromatic N) is 1. The number of phenolic OH excluding ortho intramolecular Hbond substituents is 1. The minimum atomic E-state index is -0.118. The third kappa shape index (κ3) is 6.49. The maximum atomic E-state index is 11.0. The molecule has 6 atom stereocenters. The standard InChI is InChI=1S/C33H55NO2/c1-4-5-6-7-8-9-12-21-34(3)22-13-10-11-14-26-24-33(2)30(19-20-31(33)36)29-17-15-25-23-27(35)16-18-28(25)32(26)29/h16,18,23,26,29-32,35-36H,4-15,17,19-22,24H2,1-3H3/t26-,29?,30?,31?,32?,33?/m0/s1. The molecular formula is C33H55NO2. The summed E-state index contributed by atoms with van der Waals surface area (Å²) in [5, 5.41) is 21.1. The van der Waals surface area contributed by atoms with Crippen LogP contribution in [0.4, 0.5) is 0 Å². The number of aryl methyl sites for hydroxylation is 1. The molecule has 0 aliphatic heterocycles. The van der Waals surface area contributed by atoms with Crippen LogP contribution in [0, 0.1) is 23.2 Å². The predicted octanol–water partition coefficient (Wildman–Crippen LogP) is 8.08. The Morgan fingerprint density at radius 2 is 1.61 bits per heavy atom. The summed E-state index contributed by atoms with van der Waals surface area (Å²) < 4.78 is 0. The van der Waals surface area contributed by atoms with Gasteiger partial charge in [-0.05, 0) is 124 Å². The fourth-order valence-corrected chi connectivity index (χ4v) is 8.54. The second-order valence-electron chi connectivity index (χ2n) is 13.1. The maximum Gasteiger partial charge on any atom is 0.115 e. The van der Waals surface area contributed by atoms with E-state index in [1.807, 2.05) is 12.1 Å². The summed E-state index contributed by atoms with van der Waals surface area (Å²) in [5.41, 5.74) is 3.01. The van der Waals surface area contributed by atoms with Crippen molar-refractivity contribution in [3.63, 3.8) is 0 Å². The lowest BCUT2D eigenvalue weighted by molar-refractivity contribution is -0.0501. The Morgan fingerprint density at radius 1 is 0.917 bits per heavy atom. The van der Waals surface area contributed by atoms with Crippen molar-refractivity contribution >= 4 is 0 Å². The van der Waals surface area contributed by atoms with Crippen molar-refractivity contribution in [3.05, 3.63) is 29.3 Å². The molecule has 0 amide bonds. The van der Waals surface area contributed by atoms with Crippen LogP contribution in [0.1, 0.15) is 127 Å². The molecule has 2 fully saturated rings. The van der Waals surface area contributed by atoms with Crippen molar-refractivity contribution in [3.8, 4) is 5.75 Å². The molecule has 0 saturated heterocycles. The van der Waals surface area contributed by atoms with E-state index in [2.05, 4.69) is 31.9 Å². The summed E-state index contributed by atoms with van der Waals surface area (Å²) in [5.74, 6) is 3.07. The monoisotopic (exact) mass is 497 g/mol. The van der Waals surface area contributed by atoms with Gasteiger partial charge >= 0.3 is 0 Å². The normalized spacial score (nSPS) is 31.3. The molecule has 0 bridgehead atoms. The summed E-state index contributed by atoms with van der Waals surface area (Å²) in [6, 6.07) is 6.18. The minimum Gasteiger partial charge on any atom is -0.508 e. The average molecular weight is 498 g/mol. The van der Waals surface area contributed by atoms with Gasteiger partial charge in [0.2, 0.25) is 0 Å². The Hall–Kier alpha value is -1.06. The summed E-state index contributed by atoms with van der Waals surface area (Å²) in [6.45, 7) is 7.18. The summed E-state index contributed by atoms with van der Waals surface area (Å²) >= 11 is 0. The number of unbranched alkanes of at least 4 members (excludes halogenated alkanes) is 8. The fraction of sp³-hybridized carbons (Fsp3) is 0.818. The van der Waals surface area contributed by atoms with Gasteiger partial charge in [-0.1, -0.05) is 71.3 Å². The zero-order chi connectivity index (χ0) is 25.5. The van der Waals surface area contributed by atoms with Crippen molar-refractivity contribution in [2.75, 3.05) is 20.1 Å². The van der Waals surface area contributed by atoms with Gasteiger partial charge in [0, 0.05) is 0 Å². The van der Waals surface area contributed by atoms with Crippen molar-refractivity contribution in [1.29, 1.82) is 0 Å². The molecule has 5 unspecified atom stereocenters. The second-order valence-corrected chi connectivity index (χ2v) is 13.1. The molecule has 3 heteroatoms. The molecule has 0 radical (unpaired) electrons. The van der Waals surface area contributed by atoms with E-state index in [9.17, 15) is 10.2 Å². The molecule has 1 aromatic carbocycles. The van der Waals surface area contributed by atoms with Crippen LogP contribution in [0.5, 0.6) is 5.75 Å². The molecule has 3 nitrogen and oxygen atoms in total. The SMILES string of the molecule is CCCCCCCCCN(C)CCCCC[C@H]1CC2(C)C(O)CCC2C2CCc3cc(O)ccc3C21. The van der Waals surface area contributed by atoms with Crippen LogP contribution in [0.2, 0.25) is 0 Å². The van der Waals surface area contributed by atoms with Gasteiger partial charge in [-0.2, -0.15) is 0 Å². The van der Waals surface area contributed by atoms with Crippen LogP contribution >= 0.6 is 0 Å². The van der Waals surface area contributed by atoms with Gasteiger partial charge in [0.1, 0.15) is 5.75 Å². The summed E-state index contributed by atoms with van der Waals surface area (Å²) in [7, 11) is 2.31. The molecule has 36 heavy (non-hydrogen) atoms. The van der Waals surface area contributed by atoms with Crippen molar-refractivity contribution in [2.45, 2.75) is 129 Å². The Morgan fingerprint density at radius 3 is 2.36 bits per heavy atom. The number of aliphatic hydroxyl groups is 1. The predicted molar refractivity (Wildman–Crippen MR) is 152 cm³/mol. The highest BCUT2D eigenvalue weighted by Gasteiger charge is 2.57. The number of aromatic hydroxyl groups is 1. The number of hydrogen-bond donors (Lipinski definition) is 2. The molecular weight excluding hydrogens is 442 g/mol. The molecule has 2 N–H and O–H groups in total. The van der Waals surface area contributed by atoms with Crippen LogP contribution in [-0.2, 0) is 6.42 Å². The molecule has 204 valence electrons. The van der Waals surface area contributed by atoms with Crippen molar-refractivity contribution < 1.29 is 10.2 Å². The smallest absolute Gasteiger partial charge is 0.115 e. The number of fused-ring (bicyclic) bond motifs is 5. The van der Waals surface area contributed by atoms with Gasteiger partial charge in [-0.25, -0.2) is 0 Å². The number of phenols is 1. The highest BCUT2D eigenvalue weighted by molar-refractivity contribution is 5.40. The van der Waals surface area contributed by atoms with E-state index in [1.165, 1.54) is 114 Å². The van der Waals surface area contributed by atoms with Crippen molar-refractivity contribution in [2.24, 2.45) is 23.2 Å². The molecule has 3 aliphatic carbocycles. The second kappa shape index (κ2) is 13.1. The van der Waals surface area contributed by atoms with Gasteiger partial charge < -0.3 is 15.1 Å². The first-order valence-electron chi connectivity index (χ1n) is 15.6. The third-order valence-electron chi connectivity index (χ3n) is 10.5. The Bertz CT molecular complexity index is 809. The van der Waals surface area contributed by atoms with Crippen molar-refractivity contribution in [1.82, 2.24) is 4.90 Å². The van der Waals surface area contributed by atoms with Gasteiger partial charge in [-0.15, -0.1) is 0 Å². The fourth-order valence-electron chi connectivity index (χ4n) is 8.54. The molecule has 2 saturated carbocycles. The first-order chi connectivity index (χ1) is 17.4. The highest BCUT2D eigenvalue weighted by atomic mass is 16.3. The van der Waals surface area contributed by atoms with E-state index in [0.29, 0.717) is 29.4 Å². The highest BCUT2D eigenvalue weighted by Crippen LogP contribution is 2.63. The van der Waals surface area contributed by atoms with E-state index in [1.54, 1.807) is 0 Å². The van der Waals surface area contributed by atoms with Crippen LogP contribution in [-0.4, -0.2) is 41.4 Å². The molecule has 0 aromatic heterocycles. The number of rotatable bonds is 14. The van der Waals surface area contributed by atoms with Crippen LogP contribution in [0.3, 0.4) is 0 Å². The molecule has 1 aromatic rings. The maximum absolute atomic E-state index is 11.0. The first-order valence-corrected chi connectivity index (χ1v) is 15.6. The zero-order valence-electron chi connectivity index (χ0n) is 23.7. The van der Waals surface area contributed by atoms with E-state index >= 15 is 0 Å². The summed E-state index contributed by atoms with van der Waals surface area (Å²) in [4.78, 5) is 2.55. The number of aliphatic hydroxyl groups excluding tert-OH is 1. The van der Waals surface area contributed by atoms with Gasteiger partial charge in [0.25, 0.3) is 0 Å². The van der Waals surface area contributed by atoms with Gasteiger partial charge in [-0.3, -0.25) is 0 Å². The topological polar surface area (TPSA) is 43.7 Å². The average Bonchev–Trinajstić information content (AvgIpc) is 3.16. The van der Waals surface area contributed by atoms with E-state index in [4.69, 9.17) is 0 Å². The molecule has 3 aliphatic rings. The lowest BCUT2D eigenvalue weighted by Gasteiger charge is -2.54. The molecule has 0 spiro atoms. The molecule has 4 rings (SSSR count). The lowest BCUT2D eigenvalue weighted by Crippen LogP contribution is -2.47. The van der Waals surface area contributed by atoms with E-state index in [0.717, 1.165) is 12.8 Å². The van der Waals surface area contributed by atoms with E-state index < -0.39 is 0 Å². The number of hydrogen-bond acceptors (Lipinski definition) is 3. The quantitative estimate of drug-likeness (QED) is 0.255. The third-order valence-corrected chi connectivity index (χ3v) is 10.5. The van der Waals surface area contributed by atoms with Gasteiger partial charge in [0.05, 0.1) is 6.10 Å². The minimum absolute atomic E-state index is 0.108. The Kier molecular flexibility index (Phi) is 10.2. The number of benzene rings is 1. The molecule has 0 heterocycles. The van der Waals surface area contributed by atoms with Crippen LogP contribution < -0.4 is 0 Å². The Labute approximate surface area is 222 Å².